The summed E-state index contributed by atoms with van der Waals surface area (Å²) in [6.07, 6.45) is 4.39. The van der Waals surface area contributed by atoms with Crippen LogP contribution in [-0.2, 0) is 0 Å². The molecule has 0 fully saturated rings. The van der Waals surface area contributed by atoms with Gasteiger partial charge in [-0.2, -0.15) is 4.98 Å². The summed E-state index contributed by atoms with van der Waals surface area (Å²) in [7, 11) is 0. The van der Waals surface area contributed by atoms with Gasteiger partial charge in [-0.1, -0.05) is 19.0 Å². The van der Waals surface area contributed by atoms with E-state index in [0.29, 0.717) is 11.7 Å². The van der Waals surface area contributed by atoms with E-state index in [4.69, 9.17) is 10.3 Å². The number of nitrogens with two attached hydrogens (primary N) is 1. The minimum atomic E-state index is 0.0387. The van der Waals surface area contributed by atoms with Gasteiger partial charge in [-0.3, -0.25) is 4.98 Å². The fourth-order valence-corrected chi connectivity index (χ4v) is 1.79. The molecule has 2 N–H and O–H groups in total. The van der Waals surface area contributed by atoms with E-state index in [1.165, 1.54) is 0 Å². The SMILES string of the molecule is CCC(N)C(C)c1nc(-c2ccncc2C)no1. The van der Waals surface area contributed by atoms with Crippen LogP contribution in [-0.4, -0.2) is 21.2 Å². The Labute approximate surface area is 106 Å². The molecule has 0 aliphatic carbocycles. The molecule has 2 unspecified atom stereocenters. The normalized spacial score (nSPS) is 14.4. The number of nitrogens with zero attached hydrogens (tertiary/aromatic N) is 3. The van der Waals surface area contributed by atoms with Gasteiger partial charge in [-0.15, -0.1) is 0 Å². The largest absolute Gasteiger partial charge is 0.339 e. The highest BCUT2D eigenvalue weighted by atomic mass is 16.5. The number of hydrogen-bond acceptors (Lipinski definition) is 5. The van der Waals surface area contributed by atoms with Gasteiger partial charge >= 0.3 is 0 Å². The van der Waals surface area contributed by atoms with Crippen molar-refractivity contribution in [2.24, 2.45) is 5.73 Å². The third-order valence-corrected chi connectivity index (χ3v) is 3.21. The number of pyridine rings is 1. The van der Waals surface area contributed by atoms with Crippen molar-refractivity contribution in [3.63, 3.8) is 0 Å². The zero-order valence-corrected chi connectivity index (χ0v) is 10.9. The van der Waals surface area contributed by atoms with Crippen LogP contribution in [0.1, 0.15) is 37.6 Å². The van der Waals surface area contributed by atoms with Crippen molar-refractivity contribution in [3.8, 4) is 11.4 Å². The van der Waals surface area contributed by atoms with E-state index in [2.05, 4.69) is 15.1 Å². The highest BCUT2D eigenvalue weighted by Crippen LogP contribution is 2.23. The first-order valence-corrected chi connectivity index (χ1v) is 6.13. The molecule has 0 radical (unpaired) electrons. The Hall–Kier alpha value is -1.75. The first-order valence-electron chi connectivity index (χ1n) is 6.13. The average Bonchev–Trinajstić information content (AvgIpc) is 2.87. The van der Waals surface area contributed by atoms with Gasteiger partial charge in [-0.25, -0.2) is 0 Å². The van der Waals surface area contributed by atoms with Crippen LogP contribution < -0.4 is 5.73 Å². The molecule has 0 spiro atoms. The minimum Gasteiger partial charge on any atom is -0.339 e. The second-order valence-electron chi connectivity index (χ2n) is 4.51. The molecule has 2 aromatic rings. The molecule has 0 aliphatic rings. The van der Waals surface area contributed by atoms with Crippen molar-refractivity contribution in [2.45, 2.75) is 39.2 Å². The molecule has 0 amide bonds. The first-order chi connectivity index (χ1) is 8.63. The monoisotopic (exact) mass is 246 g/mol. The molecule has 2 heterocycles. The zero-order chi connectivity index (χ0) is 13.1. The molecule has 0 saturated heterocycles. The molecule has 96 valence electrons. The quantitative estimate of drug-likeness (QED) is 0.895. The molecule has 2 rings (SSSR count). The van der Waals surface area contributed by atoms with Crippen molar-refractivity contribution in [1.82, 2.24) is 15.1 Å². The van der Waals surface area contributed by atoms with Crippen molar-refractivity contribution in [3.05, 3.63) is 29.9 Å². The Balaban J connectivity index is 2.29. The standard InChI is InChI=1S/C13H18N4O/c1-4-11(14)9(3)13-16-12(17-18-13)10-5-6-15-7-8(10)2/h5-7,9,11H,4,14H2,1-3H3. The molecule has 18 heavy (non-hydrogen) atoms. The molecule has 0 bridgehead atoms. The fourth-order valence-electron chi connectivity index (χ4n) is 1.79. The van der Waals surface area contributed by atoms with Gasteiger partial charge in [0.1, 0.15) is 0 Å². The molecule has 0 saturated carbocycles. The lowest BCUT2D eigenvalue weighted by Gasteiger charge is -2.13. The van der Waals surface area contributed by atoms with Crippen molar-refractivity contribution < 1.29 is 4.52 Å². The van der Waals surface area contributed by atoms with E-state index in [1.54, 1.807) is 12.4 Å². The zero-order valence-electron chi connectivity index (χ0n) is 10.9. The third kappa shape index (κ3) is 2.41. The van der Waals surface area contributed by atoms with Crippen molar-refractivity contribution in [1.29, 1.82) is 0 Å². The fraction of sp³-hybridized carbons (Fsp3) is 0.462. The summed E-state index contributed by atoms with van der Waals surface area (Å²) in [5.41, 5.74) is 7.96. The molecule has 5 nitrogen and oxygen atoms in total. The van der Waals surface area contributed by atoms with E-state index in [1.807, 2.05) is 26.8 Å². The Morgan fingerprint density at radius 3 is 2.89 bits per heavy atom. The molecule has 0 aromatic carbocycles. The van der Waals surface area contributed by atoms with Crippen molar-refractivity contribution >= 4 is 0 Å². The van der Waals surface area contributed by atoms with E-state index in [-0.39, 0.29) is 12.0 Å². The third-order valence-electron chi connectivity index (χ3n) is 3.21. The molecule has 5 heteroatoms. The Morgan fingerprint density at radius 1 is 1.44 bits per heavy atom. The topological polar surface area (TPSA) is 77.8 Å². The minimum absolute atomic E-state index is 0.0387. The Bertz CT molecular complexity index is 523. The summed E-state index contributed by atoms with van der Waals surface area (Å²) < 4.78 is 5.30. The molecule has 0 aliphatic heterocycles. The van der Waals surface area contributed by atoms with Crippen molar-refractivity contribution in [2.75, 3.05) is 0 Å². The van der Waals surface area contributed by atoms with Gasteiger partial charge in [-0.05, 0) is 25.0 Å². The summed E-state index contributed by atoms with van der Waals surface area (Å²) in [6.45, 7) is 6.02. The molecule has 2 aromatic heterocycles. The van der Waals surface area contributed by atoms with Crippen LogP contribution in [0.5, 0.6) is 0 Å². The van der Waals surface area contributed by atoms with Gasteiger partial charge in [0.25, 0.3) is 0 Å². The Morgan fingerprint density at radius 2 is 2.22 bits per heavy atom. The van der Waals surface area contributed by atoms with Crippen LogP contribution in [0.15, 0.2) is 23.0 Å². The lowest BCUT2D eigenvalue weighted by atomic mass is 10.0. The van der Waals surface area contributed by atoms with Gasteiger partial charge in [0.05, 0.1) is 5.92 Å². The number of hydrogen-bond donors (Lipinski definition) is 1. The summed E-state index contributed by atoms with van der Waals surface area (Å²) >= 11 is 0. The van der Waals surface area contributed by atoms with Gasteiger partial charge < -0.3 is 10.3 Å². The second kappa shape index (κ2) is 5.27. The van der Waals surface area contributed by atoms with Gasteiger partial charge in [0.15, 0.2) is 0 Å². The van der Waals surface area contributed by atoms with E-state index >= 15 is 0 Å². The maximum absolute atomic E-state index is 5.99. The number of aryl methyl sites for hydroxylation is 1. The van der Waals surface area contributed by atoms with Gasteiger partial charge in [0.2, 0.25) is 11.7 Å². The first kappa shape index (κ1) is 12.7. The van der Waals surface area contributed by atoms with Gasteiger partial charge in [0, 0.05) is 24.0 Å². The molecular formula is C13H18N4O. The summed E-state index contributed by atoms with van der Waals surface area (Å²) in [4.78, 5) is 8.47. The molecular weight excluding hydrogens is 228 g/mol. The summed E-state index contributed by atoms with van der Waals surface area (Å²) in [5, 5.41) is 4.02. The van der Waals surface area contributed by atoms with Crippen LogP contribution >= 0.6 is 0 Å². The lowest BCUT2D eigenvalue weighted by molar-refractivity contribution is 0.340. The second-order valence-corrected chi connectivity index (χ2v) is 4.51. The number of aromatic nitrogens is 3. The summed E-state index contributed by atoms with van der Waals surface area (Å²) in [5.74, 6) is 1.26. The van der Waals surface area contributed by atoms with E-state index in [9.17, 15) is 0 Å². The van der Waals surface area contributed by atoms with Crippen LogP contribution in [0.3, 0.4) is 0 Å². The predicted molar refractivity (Wildman–Crippen MR) is 68.9 cm³/mol. The lowest BCUT2D eigenvalue weighted by Crippen LogP contribution is -2.25. The van der Waals surface area contributed by atoms with E-state index < -0.39 is 0 Å². The van der Waals surface area contributed by atoms with Crippen LogP contribution in [0.4, 0.5) is 0 Å². The Kier molecular flexibility index (Phi) is 3.72. The summed E-state index contributed by atoms with van der Waals surface area (Å²) in [6, 6.07) is 1.92. The average molecular weight is 246 g/mol. The maximum Gasteiger partial charge on any atom is 0.231 e. The smallest absolute Gasteiger partial charge is 0.231 e. The van der Waals surface area contributed by atoms with Crippen LogP contribution in [0.2, 0.25) is 0 Å². The highest BCUT2D eigenvalue weighted by Gasteiger charge is 2.20. The van der Waals surface area contributed by atoms with Crippen LogP contribution in [0.25, 0.3) is 11.4 Å². The highest BCUT2D eigenvalue weighted by molar-refractivity contribution is 5.57. The van der Waals surface area contributed by atoms with E-state index in [0.717, 1.165) is 17.5 Å². The molecule has 2 atom stereocenters. The number of rotatable bonds is 4. The predicted octanol–water partition coefficient (Wildman–Crippen LogP) is 2.28. The van der Waals surface area contributed by atoms with Crippen LogP contribution in [0, 0.1) is 6.92 Å². The maximum atomic E-state index is 5.99.